The predicted octanol–water partition coefficient (Wildman–Crippen LogP) is 4.07. The molecule has 0 saturated heterocycles. The van der Waals surface area contributed by atoms with Gasteiger partial charge < -0.3 is 13.3 Å². The highest BCUT2D eigenvalue weighted by Crippen LogP contribution is 2.33. The summed E-state index contributed by atoms with van der Waals surface area (Å²) in [4.78, 5) is 0. The SMILES string of the molecule is CCO[Si](OCC)(OCC)c1c(F)c(F)c2c(F)c(F)c(F)c(F)c2c1F. The third-order valence-corrected chi connectivity index (χ3v) is 6.70. The van der Waals surface area contributed by atoms with Crippen molar-refractivity contribution in [3.05, 3.63) is 40.7 Å². The van der Waals surface area contributed by atoms with Crippen molar-refractivity contribution in [3.63, 3.8) is 0 Å². The van der Waals surface area contributed by atoms with E-state index in [9.17, 15) is 26.3 Å². The Labute approximate surface area is 151 Å². The molecule has 2 aromatic carbocycles. The minimum absolute atomic E-state index is 0.181. The summed E-state index contributed by atoms with van der Waals surface area (Å²) in [7, 11) is -4.48. The van der Waals surface area contributed by atoms with E-state index in [0.717, 1.165) is 0 Å². The Morgan fingerprint density at radius 3 is 1.22 bits per heavy atom. The van der Waals surface area contributed by atoms with E-state index < -0.39 is 65.5 Å². The van der Waals surface area contributed by atoms with E-state index in [4.69, 9.17) is 13.3 Å². The molecule has 0 aliphatic carbocycles. The largest absolute Gasteiger partial charge is 0.543 e. The molecule has 11 heteroatoms. The summed E-state index contributed by atoms with van der Waals surface area (Å²) in [6, 6.07) is 0. The smallest absolute Gasteiger partial charge is 0.370 e. The van der Waals surface area contributed by atoms with Gasteiger partial charge in [0.05, 0.1) is 16.0 Å². The molecule has 0 aliphatic heterocycles. The highest BCUT2D eigenvalue weighted by atomic mass is 28.4. The van der Waals surface area contributed by atoms with Crippen LogP contribution in [0.2, 0.25) is 0 Å². The van der Waals surface area contributed by atoms with Gasteiger partial charge in [0.15, 0.2) is 34.9 Å². The first-order valence-electron chi connectivity index (χ1n) is 7.92. The molecule has 0 radical (unpaired) electrons. The van der Waals surface area contributed by atoms with Gasteiger partial charge in [-0.1, -0.05) is 0 Å². The average molecular weight is 416 g/mol. The highest BCUT2D eigenvalue weighted by Gasteiger charge is 2.50. The lowest BCUT2D eigenvalue weighted by molar-refractivity contribution is 0.0843. The molecule has 2 rings (SSSR count). The van der Waals surface area contributed by atoms with Gasteiger partial charge in [0.2, 0.25) is 0 Å². The lowest BCUT2D eigenvalue weighted by Gasteiger charge is -2.29. The zero-order chi connectivity index (χ0) is 20.5. The summed E-state index contributed by atoms with van der Waals surface area (Å²) >= 11 is 0. The van der Waals surface area contributed by atoms with Gasteiger partial charge in [0.1, 0.15) is 5.82 Å². The highest BCUT2D eigenvalue weighted by molar-refractivity contribution is 6.75. The van der Waals surface area contributed by atoms with E-state index in [0.29, 0.717) is 0 Å². The molecule has 0 aliphatic rings. The second-order valence-electron chi connectivity index (χ2n) is 5.18. The molecule has 0 bridgehead atoms. The Kier molecular flexibility index (Phi) is 6.50. The molecule has 0 amide bonds. The van der Waals surface area contributed by atoms with E-state index in [1.54, 1.807) is 0 Å². The summed E-state index contributed by atoms with van der Waals surface area (Å²) in [6.07, 6.45) is 0. The lowest BCUT2D eigenvalue weighted by Crippen LogP contribution is -2.59. The van der Waals surface area contributed by atoms with Crippen LogP contribution in [-0.4, -0.2) is 28.6 Å². The maximum Gasteiger partial charge on any atom is 0.543 e. The van der Waals surface area contributed by atoms with E-state index in [2.05, 4.69) is 0 Å². The zero-order valence-electron chi connectivity index (χ0n) is 14.5. The quantitative estimate of drug-likeness (QED) is 0.295. The first-order valence-corrected chi connectivity index (χ1v) is 9.65. The molecular weight excluding hydrogens is 401 g/mol. The monoisotopic (exact) mass is 416 g/mol. The van der Waals surface area contributed by atoms with Crippen LogP contribution in [0.25, 0.3) is 10.8 Å². The van der Waals surface area contributed by atoms with Crippen LogP contribution in [0.3, 0.4) is 0 Å². The Balaban J connectivity index is 3.05. The van der Waals surface area contributed by atoms with Gasteiger partial charge in [-0.25, -0.2) is 30.7 Å². The van der Waals surface area contributed by atoms with Crippen molar-refractivity contribution >= 4 is 24.8 Å². The summed E-state index contributed by atoms with van der Waals surface area (Å²) in [5.74, 6) is -15.2. The molecular formula is C16H15F7O3Si. The van der Waals surface area contributed by atoms with Crippen molar-refractivity contribution in [3.8, 4) is 0 Å². The second-order valence-corrected chi connectivity index (χ2v) is 7.66. The summed E-state index contributed by atoms with van der Waals surface area (Å²) in [5.41, 5.74) is 0. The van der Waals surface area contributed by atoms with Gasteiger partial charge in [0, 0.05) is 19.8 Å². The molecule has 0 heterocycles. The minimum atomic E-state index is -4.48. The van der Waals surface area contributed by atoms with Gasteiger partial charge in [-0.05, 0) is 20.8 Å². The first-order chi connectivity index (χ1) is 12.7. The van der Waals surface area contributed by atoms with Crippen molar-refractivity contribution in [2.45, 2.75) is 20.8 Å². The fourth-order valence-electron chi connectivity index (χ4n) is 2.67. The summed E-state index contributed by atoms with van der Waals surface area (Å²) < 4.78 is 115. The molecule has 0 N–H and O–H groups in total. The van der Waals surface area contributed by atoms with Crippen molar-refractivity contribution < 1.29 is 44.0 Å². The Morgan fingerprint density at radius 1 is 0.519 bits per heavy atom. The molecule has 2 aromatic rings. The van der Waals surface area contributed by atoms with Crippen molar-refractivity contribution in [2.24, 2.45) is 0 Å². The Hall–Kier alpha value is -1.69. The first kappa shape index (κ1) is 21.6. The average Bonchev–Trinajstić information content (AvgIpc) is 2.61. The van der Waals surface area contributed by atoms with Crippen molar-refractivity contribution in [2.75, 3.05) is 19.8 Å². The molecule has 150 valence electrons. The van der Waals surface area contributed by atoms with Crippen LogP contribution in [0.1, 0.15) is 20.8 Å². The molecule has 0 aromatic heterocycles. The van der Waals surface area contributed by atoms with Gasteiger partial charge in [-0.2, -0.15) is 0 Å². The minimum Gasteiger partial charge on any atom is -0.370 e. The van der Waals surface area contributed by atoms with Crippen LogP contribution in [0.5, 0.6) is 0 Å². The number of halogens is 7. The molecule has 0 atom stereocenters. The molecule has 27 heavy (non-hydrogen) atoms. The number of benzene rings is 2. The maximum atomic E-state index is 15.0. The zero-order valence-corrected chi connectivity index (χ0v) is 15.5. The van der Waals surface area contributed by atoms with Crippen LogP contribution < -0.4 is 5.19 Å². The van der Waals surface area contributed by atoms with E-state index >= 15 is 4.39 Å². The van der Waals surface area contributed by atoms with E-state index in [1.807, 2.05) is 0 Å². The maximum absolute atomic E-state index is 15.0. The van der Waals surface area contributed by atoms with Crippen molar-refractivity contribution in [1.82, 2.24) is 0 Å². The molecule has 3 nitrogen and oxygen atoms in total. The number of hydrogen-bond acceptors (Lipinski definition) is 3. The second kappa shape index (κ2) is 8.13. The molecule has 0 saturated carbocycles. The fraction of sp³-hybridized carbons (Fsp3) is 0.375. The normalized spacial score (nSPS) is 12.2. The predicted molar refractivity (Wildman–Crippen MR) is 83.9 cm³/mol. The molecule has 0 spiro atoms. The standard InChI is InChI=1S/C16H15F7O3Si/c1-4-24-27(25-5-2,26-6-3)16-12(20)8-7(11(19)15(16)23)9(17)13(21)14(22)10(8)18/h4-6H2,1-3H3. The van der Waals surface area contributed by atoms with Crippen LogP contribution in [0.4, 0.5) is 30.7 Å². The third-order valence-electron chi connectivity index (χ3n) is 3.65. The van der Waals surface area contributed by atoms with Crippen molar-refractivity contribution in [1.29, 1.82) is 0 Å². The Morgan fingerprint density at radius 2 is 0.852 bits per heavy atom. The van der Waals surface area contributed by atoms with Gasteiger partial charge in [-0.3, -0.25) is 0 Å². The lowest BCUT2D eigenvalue weighted by atomic mass is 10.1. The molecule has 0 fully saturated rings. The Bertz CT molecular complexity index is 859. The summed E-state index contributed by atoms with van der Waals surface area (Å²) in [6.45, 7) is 3.76. The van der Waals surface area contributed by atoms with Gasteiger partial charge in [0.25, 0.3) is 0 Å². The van der Waals surface area contributed by atoms with Crippen LogP contribution in [0.15, 0.2) is 0 Å². The van der Waals surface area contributed by atoms with Crippen LogP contribution in [0, 0.1) is 40.7 Å². The fourth-order valence-corrected chi connectivity index (χ4v) is 5.26. The number of rotatable bonds is 7. The van der Waals surface area contributed by atoms with Gasteiger partial charge in [-0.15, -0.1) is 0 Å². The van der Waals surface area contributed by atoms with Crippen LogP contribution >= 0.6 is 0 Å². The third kappa shape index (κ3) is 3.33. The van der Waals surface area contributed by atoms with E-state index in [1.165, 1.54) is 20.8 Å². The van der Waals surface area contributed by atoms with Gasteiger partial charge >= 0.3 is 8.80 Å². The number of hydrogen-bond donors (Lipinski definition) is 0. The van der Waals surface area contributed by atoms with E-state index in [-0.39, 0.29) is 19.8 Å². The number of fused-ring (bicyclic) bond motifs is 1. The topological polar surface area (TPSA) is 27.7 Å². The van der Waals surface area contributed by atoms with Crippen LogP contribution in [-0.2, 0) is 13.3 Å². The summed E-state index contributed by atoms with van der Waals surface area (Å²) in [5, 5.41) is -4.55. The molecule has 0 unspecified atom stereocenters.